The molecule has 1 aromatic heterocycles. The molecule has 24 heavy (non-hydrogen) atoms. The summed E-state index contributed by atoms with van der Waals surface area (Å²) in [6.45, 7) is 1.36. The first-order chi connectivity index (χ1) is 11.5. The Morgan fingerprint density at radius 3 is 2.75 bits per heavy atom. The lowest BCUT2D eigenvalue weighted by molar-refractivity contribution is -0.170. The molecule has 1 amide bonds. The Kier molecular flexibility index (Phi) is 5.13. The first kappa shape index (κ1) is 16.9. The SMILES string of the molecule is CC(=O)N(O)C(Cc1ccc(N)cc1)C1=CSC(c2cccs2)N1. The van der Waals surface area contributed by atoms with Crippen LogP contribution in [0.4, 0.5) is 5.69 Å². The molecule has 7 heteroatoms. The standard InChI is InChI=1S/C17H19N3O2S2/c1-11(21)20(22)15(9-12-4-6-13(18)7-5-12)14-10-24-17(19-14)16-3-2-8-23-16/h2-8,10,15,17,19,22H,9,18H2,1H3. The highest BCUT2D eigenvalue weighted by Gasteiger charge is 2.30. The molecule has 0 fully saturated rings. The van der Waals surface area contributed by atoms with Crippen molar-refractivity contribution in [2.75, 3.05) is 5.73 Å². The summed E-state index contributed by atoms with van der Waals surface area (Å²) in [5.74, 6) is -0.386. The van der Waals surface area contributed by atoms with Crippen LogP contribution in [0.3, 0.4) is 0 Å². The van der Waals surface area contributed by atoms with Crippen LogP contribution in [0.15, 0.2) is 52.9 Å². The third-order valence-electron chi connectivity index (χ3n) is 3.82. The molecule has 5 nitrogen and oxygen atoms in total. The Labute approximate surface area is 149 Å². The second-order valence-electron chi connectivity index (χ2n) is 5.57. The van der Waals surface area contributed by atoms with Gasteiger partial charge in [-0.1, -0.05) is 18.2 Å². The molecule has 0 spiro atoms. The van der Waals surface area contributed by atoms with Crippen LogP contribution in [0.25, 0.3) is 0 Å². The van der Waals surface area contributed by atoms with Crippen molar-refractivity contribution < 1.29 is 10.0 Å². The number of nitrogens with zero attached hydrogens (tertiary/aromatic N) is 1. The Hall–Kier alpha value is -1.96. The van der Waals surface area contributed by atoms with E-state index < -0.39 is 6.04 Å². The molecule has 4 N–H and O–H groups in total. The highest BCUT2D eigenvalue weighted by Crippen LogP contribution is 2.38. The average Bonchev–Trinajstić information content (AvgIpc) is 3.24. The highest BCUT2D eigenvalue weighted by atomic mass is 32.2. The van der Waals surface area contributed by atoms with Crippen molar-refractivity contribution >= 4 is 34.7 Å². The quantitative estimate of drug-likeness (QED) is 0.432. The summed E-state index contributed by atoms with van der Waals surface area (Å²) in [6, 6.07) is 11.1. The summed E-state index contributed by atoms with van der Waals surface area (Å²) in [5.41, 5.74) is 8.25. The first-order valence-electron chi connectivity index (χ1n) is 7.53. The predicted octanol–water partition coefficient (Wildman–Crippen LogP) is 3.36. The zero-order valence-corrected chi connectivity index (χ0v) is 14.8. The molecular weight excluding hydrogens is 342 g/mol. The number of nitrogen functional groups attached to an aromatic ring is 1. The van der Waals surface area contributed by atoms with Crippen molar-refractivity contribution in [1.29, 1.82) is 0 Å². The number of hydroxylamine groups is 2. The van der Waals surface area contributed by atoms with E-state index in [-0.39, 0.29) is 11.3 Å². The molecule has 2 atom stereocenters. The van der Waals surface area contributed by atoms with Crippen molar-refractivity contribution in [1.82, 2.24) is 10.4 Å². The summed E-state index contributed by atoms with van der Waals surface area (Å²) in [5, 5.41) is 18.6. The highest BCUT2D eigenvalue weighted by molar-refractivity contribution is 8.02. The number of nitrogens with one attached hydrogen (secondary N) is 1. The molecule has 3 rings (SSSR count). The van der Waals surface area contributed by atoms with Crippen molar-refractivity contribution in [3.63, 3.8) is 0 Å². The molecule has 0 radical (unpaired) electrons. The van der Waals surface area contributed by atoms with Crippen molar-refractivity contribution in [2.24, 2.45) is 0 Å². The van der Waals surface area contributed by atoms with Gasteiger partial charge in [0, 0.05) is 29.6 Å². The summed E-state index contributed by atoms with van der Waals surface area (Å²) < 4.78 is 0. The fourth-order valence-corrected chi connectivity index (χ4v) is 4.45. The number of hydrogen-bond donors (Lipinski definition) is 3. The van der Waals surface area contributed by atoms with Gasteiger partial charge >= 0.3 is 0 Å². The van der Waals surface area contributed by atoms with Gasteiger partial charge in [0.2, 0.25) is 5.91 Å². The second kappa shape index (κ2) is 7.29. The van der Waals surface area contributed by atoms with E-state index in [2.05, 4.69) is 11.4 Å². The first-order valence-corrected chi connectivity index (χ1v) is 9.35. The van der Waals surface area contributed by atoms with Crippen LogP contribution in [0, 0.1) is 0 Å². The van der Waals surface area contributed by atoms with Gasteiger partial charge in [0.1, 0.15) is 11.4 Å². The van der Waals surface area contributed by atoms with Crippen molar-refractivity contribution in [3.05, 3.63) is 63.3 Å². The zero-order chi connectivity index (χ0) is 17.1. The molecule has 1 aromatic carbocycles. The van der Waals surface area contributed by atoms with Gasteiger partial charge in [0.25, 0.3) is 0 Å². The second-order valence-corrected chi connectivity index (χ2v) is 7.53. The largest absolute Gasteiger partial charge is 0.399 e. The number of amides is 1. The van der Waals surface area contributed by atoms with Crippen LogP contribution in [0.1, 0.15) is 22.7 Å². The van der Waals surface area contributed by atoms with Gasteiger partial charge in [-0.3, -0.25) is 10.0 Å². The van der Waals surface area contributed by atoms with Gasteiger partial charge in [-0.05, 0) is 34.6 Å². The normalized spacial score (nSPS) is 17.9. The summed E-state index contributed by atoms with van der Waals surface area (Å²) >= 11 is 3.33. The smallest absolute Gasteiger partial charge is 0.243 e. The number of nitrogens with two attached hydrogens (primary N) is 1. The van der Waals surface area contributed by atoms with E-state index in [4.69, 9.17) is 5.73 Å². The molecule has 0 saturated heterocycles. The van der Waals surface area contributed by atoms with Crippen molar-refractivity contribution in [3.8, 4) is 0 Å². The topological polar surface area (TPSA) is 78.6 Å². The molecule has 2 heterocycles. The summed E-state index contributed by atoms with van der Waals surface area (Å²) in [6.07, 6.45) is 0.507. The Morgan fingerprint density at radius 1 is 1.38 bits per heavy atom. The molecule has 1 aliphatic rings. The molecular formula is C17H19N3O2S2. The Bertz CT molecular complexity index is 729. The number of thiophene rings is 1. The number of carbonyl (C=O) groups excluding carboxylic acids is 1. The number of thioether (sulfide) groups is 1. The number of benzene rings is 1. The maximum Gasteiger partial charge on any atom is 0.243 e. The monoisotopic (exact) mass is 361 g/mol. The number of carbonyl (C=O) groups is 1. The van der Waals surface area contributed by atoms with Crippen LogP contribution < -0.4 is 11.1 Å². The third-order valence-corrected chi connectivity index (χ3v) is 5.94. The van der Waals surface area contributed by atoms with Gasteiger partial charge in [-0.25, -0.2) is 5.06 Å². The number of hydrogen-bond acceptors (Lipinski definition) is 6. The van der Waals surface area contributed by atoms with Gasteiger partial charge in [0.15, 0.2) is 0 Å². The molecule has 0 bridgehead atoms. The molecule has 0 saturated carbocycles. The lowest BCUT2D eigenvalue weighted by Crippen LogP contribution is -2.42. The molecule has 2 unspecified atom stereocenters. The summed E-state index contributed by atoms with van der Waals surface area (Å²) in [4.78, 5) is 12.9. The van der Waals surface area contributed by atoms with Crippen LogP contribution >= 0.6 is 23.1 Å². The van der Waals surface area contributed by atoms with E-state index in [0.29, 0.717) is 12.1 Å². The minimum absolute atomic E-state index is 0.120. The fraction of sp³-hybridized carbons (Fsp3) is 0.235. The van der Waals surface area contributed by atoms with Crippen LogP contribution in [-0.4, -0.2) is 22.2 Å². The molecule has 1 aliphatic heterocycles. The zero-order valence-electron chi connectivity index (χ0n) is 13.2. The van der Waals surface area contributed by atoms with Gasteiger partial charge in [-0.15, -0.1) is 23.1 Å². The van der Waals surface area contributed by atoms with Crippen LogP contribution in [-0.2, 0) is 11.2 Å². The van der Waals surface area contributed by atoms with E-state index in [1.165, 1.54) is 11.8 Å². The predicted molar refractivity (Wildman–Crippen MR) is 98.5 cm³/mol. The van der Waals surface area contributed by atoms with Gasteiger partial charge in [-0.2, -0.15) is 0 Å². The van der Waals surface area contributed by atoms with Gasteiger partial charge < -0.3 is 11.1 Å². The Morgan fingerprint density at radius 2 is 2.12 bits per heavy atom. The average molecular weight is 361 g/mol. The van der Waals surface area contributed by atoms with E-state index in [0.717, 1.165) is 16.3 Å². The van der Waals surface area contributed by atoms with Gasteiger partial charge in [0.05, 0.1) is 0 Å². The van der Waals surface area contributed by atoms with Crippen molar-refractivity contribution in [2.45, 2.75) is 24.8 Å². The van der Waals surface area contributed by atoms with Crippen LogP contribution in [0.5, 0.6) is 0 Å². The number of anilines is 1. The Balaban J connectivity index is 1.78. The van der Waals surface area contributed by atoms with E-state index in [9.17, 15) is 10.0 Å². The number of rotatable bonds is 5. The lowest BCUT2D eigenvalue weighted by Gasteiger charge is -2.27. The molecule has 2 aromatic rings. The maximum absolute atomic E-state index is 11.7. The van der Waals surface area contributed by atoms with E-state index >= 15 is 0 Å². The maximum atomic E-state index is 11.7. The third kappa shape index (κ3) is 3.75. The molecule has 0 aliphatic carbocycles. The fourth-order valence-electron chi connectivity index (χ4n) is 2.54. The minimum atomic E-state index is -0.455. The lowest BCUT2D eigenvalue weighted by atomic mass is 10.0. The van der Waals surface area contributed by atoms with E-state index in [1.807, 2.05) is 41.1 Å². The minimum Gasteiger partial charge on any atom is -0.399 e. The molecule has 126 valence electrons. The van der Waals surface area contributed by atoms with Crippen LogP contribution in [0.2, 0.25) is 0 Å². The van der Waals surface area contributed by atoms with E-state index in [1.54, 1.807) is 23.1 Å². The summed E-state index contributed by atoms with van der Waals surface area (Å²) in [7, 11) is 0.